The third-order valence-corrected chi connectivity index (χ3v) is 9.81. The fraction of sp³-hybridized carbons (Fsp3) is 0.484. The topological polar surface area (TPSA) is 96.8 Å². The smallest absolute Gasteiger partial charge is 0.322 e. The van der Waals surface area contributed by atoms with Crippen LogP contribution < -0.4 is 5.32 Å². The molecule has 42 heavy (non-hydrogen) atoms. The number of halogens is 1. The molecule has 0 spiro atoms. The van der Waals surface area contributed by atoms with Crippen LogP contribution in [0.4, 0.5) is 10.5 Å². The van der Waals surface area contributed by atoms with Crippen molar-refractivity contribution in [1.29, 1.82) is 0 Å². The molecule has 1 aromatic heterocycles. The molecule has 1 aliphatic heterocycles. The minimum atomic E-state index is -3.73. The summed E-state index contributed by atoms with van der Waals surface area (Å²) in [7, 11) is -3.73. The maximum absolute atomic E-state index is 13.8. The summed E-state index contributed by atoms with van der Waals surface area (Å²) in [5.41, 5.74) is 3.09. The number of hydrogen-bond donors (Lipinski definition) is 1. The second-order valence-electron chi connectivity index (χ2n) is 11.3. The fourth-order valence-corrected chi connectivity index (χ4v) is 7.56. The average Bonchev–Trinajstić information content (AvgIpc) is 3.41. The van der Waals surface area contributed by atoms with Crippen LogP contribution in [0.25, 0.3) is 0 Å². The van der Waals surface area contributed by atoms with Crippen molar-refractivity contribution in [2.45, 2.75) is 62.5 Å². The third-order valence-electron chi connectivity index (χ3n) is 8.00. The highest BCUT2D eigenvalue weighted by Gasteiger charge is 2.30. The average molecular weight is 614 g/mol. The van der Waals surface area contributed by atoms with Gasteiger partial charge in [0.25, 0.3) is 0 Å². The van der Waals surface area contributed by atoms with Gasteiger partial charge >= 0.3 is 6.03 Å². The molecule has 0 atom stereocenters. The summed E-state index contributed by atoms with van der Waals surface area (Å²) in [4.78, 5) is 22.2. The van der Waals surface area contributed by atoms with E-state index < -0.39 is 9.84 Å². The number of morpholine rings is 1. The number of hydrogen-bond acceptors (Lipinski definition) is 6. The number of benzene rings is 2. The molecule has 0 radical (unpaired) electrons. The number of urea groups is 1. The number of aryl methyl sites for hydroxylation is 1. The van der Waals surface area contributed by atoms with Crippen LogP contribution in [0.2, 0.25) is 5.02 Å². The molecule has 3 aromatic rings. The minimum absolute atomic E-state index is 0.0237. The zero-order valence-corrected chi connectivity index (χ0v) is 25.7. The predicted octanol–water partition coefficient (Wildman–Crippen LogP) is 5.69. The van der Waals surface area contributed by atoms with Gasteiger partial charge in [-0.3, -0.25) is 4.90 Å². The van der Waals surface area contributed by atoms with E-state index in [2.05, 4.69) is 15.2 Å². The summed E-state index contributed by atoms with van der Waals surface area (Å²) in [6.45, 7) is 6.31. The monoisotopic (exact) mass is 613 g/mol. The van der Waals surface area contributed by atoms with E-state index in [0.29, 0.717) is 37.0 Å². The van der Waals surface area contributed by atoms with Gasteiger partial charge in [-0.25, -0.2) is 18.2 Å². The van der Waals surface area contributed by atoms with Crippen molar-refractivity contribution in [3.8, 4) is 0 Å². The maximum atomic E-state index is 13.8. The molecule has 11 heteroatoms. The Bertz CT molecular complexity index is 1470. The quantitative estimate of drug-likeness (QED) is 0.316. The van der Waals surface area contributed by atoms with E-state index in [4.69, 9.17) is 16.3 Å². The summed E-state index contributed by atoms with van der Waals surface area (Å²) in [6.07, 6.45) is 6.63. The van der Waals surface area contributed by atoms with E-state index in [9.17, 15) is 13.2 Å². The Kier molecular flexibility index (Phi) is 10.2. The molecule has 0 unspecified atom stereocenters. The lowest BCUT2D eigenvalue weighted by molar-refractivity contribution is 0.0348. The van der Waals surface area contributed by atoms with Gasteiger partial charge < -0.3 is 19.5 Å². The van der Waals surface area contributed by atoms with Crippen molar-refractivity contribution < 1.29 is 17.9 Å². The lowest BCUT2D eigenvalue weighted by atomic mass is 9.95. The number of imidazole rings is 1. The van der Waals surface area contributed by atoms with Gasteiger partial charge in [-0.2, -0.15) is 0 Å². The van der Waals surface area contributed by atoms with Crippen molar-refractivity contribution >= 4 is 33.2 Å². The van der Waals surface area contributed by atoms with E-state index in [-0.39, 0.29) is 29.5 Å². The molecule has 2 heterocycles. The summed E-state index contributed by atoms with van der Waals surface area (Å²) < 4.78 is 35.0. The zero-order chi connectivity index (χ0) is 29.5. The molecule has 0 bridgehead atoms. The van der Waals surface area contributed by atoms with Gasteiger partial charge in [-0.15, -0.1) is 0 Å². The summed E-state index contributed by atoms with van der Waals surface area (Å²) in [5, 5.41) is 3.60. The zero-order valence-electron chi connectivity index (χ0n) is 24.2. The van der Waals surface area contributed by atoms with Crippen LogP contribution in [-0.4, -0.2) is 73.2 Å². The third kappa shape index (κ3) is 7.92. The van der Waals surface area contributed by atoms with E-state index in [1.165, 1.54) is 0 Å². The van der Waals surface area contributed by atoms with E-state index >= 15 is 0 Å². The van der Waals surface area contributed by atoms with Crippen molar-refractivity contribution in [3.63, 3.8) is 0 Å². The number of nitrogens with zero attached hydrogens (tertiary/aromatic N) is 4. The Morgan fingerprint density at radius 1 is 1.10 bits per heavy atom. The van der Waals surface area contributed by atoms with E-state index in [0.717, 1.165) is 62.0 Å². The molecule has 1 N–H and O–H groups in total. The van der Waals surface area contributed by atoms with Crippen molar-refractivity contribution in [1.82, 2.24) is 19.4 Å². The Morgan fingerprint density at radius 2 is 1.86 bits per heavy atom. The van der Waals surface area contributed by atoms with Crippen molar-refractivity contribution in [2.75, 3.05) is 44.7 Å². The lowest BCUT2D eigenvalue weighted by Crippen LogP contribution is -2.44. The number of aromatic nitrogens is 2. The molecule has 5 rings (SSSR count). The molecule has 1 aliphatic carbocycles. The van der Waals surface area contributed by atoms with Crippen molar-refractivity contribution in [3.05, 3.63) is 76.6 Å². The first kappa shape index (κ1) is 30.5. The molecular formula is C31H40ClN5O4S. The first-order valence-corrected chi connectivity index (χ1v) is 16.8. The minimum Gasteiger partial charge on any atom is -0.379 e. The molecule has 1 saturated carbocycles. The summed E-state index contributed by atoms with van der Waals surface area (Å²) >= 11 is 6.17. The highest BCUT2D eigenvalue weighted by atomic mass is 35.5. The molecule has 226 valence electrons. The van der Waals surface area contributed by atoms with Crippen LogP contribution in [0.1, 0.15) is 55.0 Å². The first-order valence-electron chi connectivity index (χ1n) is 14.7. The predicted molar refractivity (Wildman–Crippen MR) is 165 cm³/mol. The van der Waals surface area contributed by atoms with E-state index in [1.807, 2.05) is 35.8 Å². The first-order chi connectivity index (χ1) is 20.3. The molecule has 2 amide bonds. The van der Waals surface area contributed by atoms with Gasteiger partial charge in [0.05, 0.1) is 37.4 Å². The highest BCUT2D eigenvalue weighted by Crippen LogP contribution is 2.33. The largest absolute Gasteiger partial charge is 0.379 e. The SMILES string of the molecule is Cc1cccc(CS(=O)(=O)c2ncc(CN(CCN3CCOCC3)C(=O)Nc3cccc(Cl)c3)n2C2CCCCC2)c1. The van der Waals surface area contributed by atoms with Crippen molar-refractivity contribution in [2.24, 2.45) is 0 Å². The molecule has 2 aliphatic rings. The number of carbonyl (C=O) groups is 1. The summed E-state index contributed by atoms with van der Waals surface area (Å²) in [6, 6.07) is 14.4. The van der Waals surface area contributed by atoms with Crippen LogP contribution in [-0.2, 0) is 26.9 Å². The van der Waals surface area contributed by atoms with Crippen LogP contribution in [0.3, 0.4) is 0 Å². The van der Waals surface area contributed by atoms with Gasteiger partial charge in [0.2, 0.25) is 15.0 Å². The second kappa shape index (κ2) is 14.0. The number of rotatable bonds is 10. The Hall–Kier alpha value is -2.92. The fourth-order valence-electron chi connectivity index (χ4n) is 5.84. The van der Waals surface area contributed by atoms with Gasteiger partial charge in [0.1, 0.15) is 0 Å². The van der Waals surface area contributed by atoms with Gasteiger partial charge in [0, 0.05) is 42.9 Å². The molecule has 1 saturated heterocycles. The van der Waals surface area contributed by atoms with E-state index in [1.54, 1.807) is 35.4 Å². The molecule has 2 fully saturated rings. The normalized spacial score (nSPS) is 16.8. The number of anilines is 1. The van der Waals surface area contributed by atoms with Gasteiger partial charge in [0.15, 0.2) is 0 Å². The Morgan fingerprint density at radius 3 is 2.60 bits per heavy atom. The highest BCUT2D eigenvalue weighted by molar-refractivity contribution is 7.90. The van der Waals surface area contributed by atoms with Gasteiger partial charge in [-0.05, 0) is 43.5 Å². The van der Waals surface area contributed by atoms with Gasteiger partial charge in [-0.1, -0.05) is 66.8 Å². The maximum Gasteiger partial charge on any atom is 0.322 e. The number of ether oxygens (including phenoxy) is 1. The molecule has 9 nitrogen and oxygen atoms in total. The number of sulfone groups is 1. The number of amides is 2. The molecule has 2 aromatic carbocycles. The number of carbonyl (C=O) groups excluding carboxylic acids is 1. The van der Waals surface area contributed by atoms with Crippen LogP contribution >= 0.6 is 11.6 Å². The lowest BCUT2D eigenvalue weighted by Gasteiger charge is -2.31. The summed E-state index contributed by atoms with van der Waals surface area (Å²) in [5.74, 6) is -0.117. The number of nitrogens with one attached hydrogen (secondary N) is 1. The van der Waals surface area contributed by atoms with Crippen LogP contribution in [0, 0.1) is 6.92 Å². The Balaban J connectivity index is 1.44. The molecular weight excluding hydrogens is 574 g/mol. The Labute approximate surface area is 253 Å². The van der Waals surface area contributed by atoms with Crippen LogP contribution in [0.5, 0.6) is 0 Å². The second-order valence-corrected chi connectivity index (χ2v) is 13.6. The standard InChI is InChI=1S/C31H40ClN5O4S/c1-24-7-5-8-25(19-24)23-42(39,40)31-33-21-29(37(31)28-11-3-2-4-12-28)22-36(14-13-35-15-17-41-18-16-35)30(38)34-27-10-6-9-26(32)20-27/h5-10,19-21,28H,2-4,11-18,22-23H2,1H3,(H,34,38). The van der Waals surface area contributed by atoms with Crippen LogP contribution in [0.15, 0.2) is 59.9 Å².